The zero-order chi connectivity index (χ0) is 22.3. The third kappa shape index (κ3) is 6.68. The van der Waals surface area contributed by atoms with Gasteiger partial charge in [-0.2, -0.15) is 0 Å². The van der Waals surface area contributed by atoms with Gasteiger partial charge in [0.25, 0.3) is 0 Å². The lowest BCUT2D eigenvalue weighted by Gasteiger charge is -2.29. The Kier molecular flexibility index (Phi) is 8.98. The normalized spacial score (nSPS) is 19.3. The third-order valence-corrected chi connectivity index (χ3v) is 4.68. The highest BCUT2D eigenvalue weighted by atomic mass is 16.4. The van der Waals surface area contributed by atoms with Crippen LogP contribution in [0.4, 0.5) is 0 Å². The van der Waals surface area contributed by atoms with Gasteiger partial charge in [0.2, 0.25) is 23.6 Å². The highest BCUT2D eigenvalue weighted by Gasteiger charge is 2.38. The van der Waals surface area contributed by atoms with Crippen molar-refractivity contribution in [2.75, 3.05) is 13.2 Å². The van der Waals surface area contributed by atoms with E-state index in [-0.39, 0.29) is 11.8 Å². The first-order valence-electron chi connectivity index (χ1n) is 9.28. The number of nitrogens with one attached hydrogen (secondary N) is 2. The first-order chi connectivity index (χ1) is 13.5. The Labute approximate surface area is 168 Å². The van der Waals surface area contributed by atoms with Crippen molar-refractivity contribution < 1.29 is 34.2 Å². The summed E-state index contributed by atoms with van der Waals surface area (Å²) in [6.45, 7) is 3.09. The summed E-state index contributed by atoms with van der Waals surface area (Å²) in [5, 5.41) is 22.8. The van der Waals surface area contributed by atoms with E-state index in [2.05, 4.69) is 5.32 Å². The second kappa shape index (κ2) is 10.7. The lowest BCUT2D eigenvalue weighted by atomic mass is 10.0. The molecular formula is C17H29N5O7. The standard InChI is InChI=1S/C17H29N5O7/c1-8(2)13(19)16(27)22-5-3-4-11(22)15(26)21-10(7-23)14(25)20-9(17(28)29)6-12(18)24/h8-11,13,23H,3-7,19H2,1-2H3,(H2,18,24)(H,20,25)(H,21,26)(H,28,29). The van der Waals surface area contributed by atoms with Crippen LogP contribution in [0.2, 0.25) is 0 Å². The summed E-state index contributed by atoms with van der Waals surface area (Å²) in [6, 6.07) is -4.69. The van der Waals surface area contributed by atoms with Crippen LogP contribution >= 0.6 is 0 Å². The van der Waals surface area contributed by atoms with Gasteiger partial charge in [0.05, 0.1) is 19.1 Å². The Morgan fingerprint density at radius 2 is 1.76 bits per heavy atom. The molecule has 12 nitrogen and oxygen atoms in total. The fourth-order valence-electron chi connectivity index (χ4n) is 2.92. The van der Waals surface area contributed by atoms with Crippen molar-refractivity contribution in [3.05, 3.63) is 0 Å². The van der Waals surface area contributed by atoms with Gasteiger partial charge in [0.1, 0.15) is 18.1 Å². The molecule has 29 heavy (non-hydrogen) atoms. The number of carbonyl (C=O) groups excluding carboxylic acids is 4. The highest BCUT2D eigenvalue weighted by Crippen LogP contribution is 2.20. The maximum Gasteiger partial charge on any atom is 0.326 e. The molecule has 4 unspecified atom stereocenters. The average Bonchev–Trinajstić information content (AvgIpc) is 3.13. The summed E-state index contributed by atoms with van der Waals surface area (Å²) in [7, 11) is 0. The molecule has 1 heterocycles. The molecule has 12 heteroatoms. The van der Waals surface area contributed by atoms with Crippen molar-refractivity contribution in [1.29, 1.82) is 0 Å². The molecule has 4 amide bonds. The number of primary amides is 1. The van der Waals surface area contributed by atoms with Gasteiger partial charge in [-0.25, -0.2) is 4.79 Å². The summed E-state index contributed by atoms with van der Waals surface area (Å²) < 4.78 is 0. The van der Waals surface area contributed by atoms with E-state index in [9.17, 15) is 29.1 Å². The molecule has 0 aromatic carbocycles. The molecule has 0 aliphatic carbocycles. The molecule has 1 aliphatic rings. The van der Waals surface area contributed by atoms with E-state index in [0.717, 1.165) is 0 Å². The zero-order valence-electron chi connectivity index (χ0n) is 16.5. The number of carboxylic acids is 1. The number of hydrogen-bond donors (Lipinski definition) is 6. The van der Waals surface area contributed by atoms with Crippen LogP contribution in [-0.4, -0.2) is 82.0 Å². The molecule has 1 fully saturated rings. The minimum Gasteiger partial charge on any atom is -0.480 e. The number of aliphatic hydroxyl groups is 1. The van der Waals surface area contributed by atoms with Gasteiger partial charge in [-0.1, -0.05) is 13.8 Å². The third-order valence-electron chi connectivity index (χ3n) is 4.68. The molecule has 0 radical (unpaired) electrons. The van der Waals surface area contributed by atoms with E-state index in [1.807, 2.05) is 5.32 Å². The van der Waals surface area contributed by atoms with E-state index < -0.39 is 60.9 Å². The topological polar surface area (TPSA) is 205 Å². The predicted molar refractivity (Wildman–Crippen MR) is 99.9 cm³/mol. The molecule has 0 bridgehead atoms. The molecular weight excluding hydrogens is 386 g/mol. The minimum atomic E-state index is -1.60. The number of hydrogen-bond acceptors (Lipinski definition) is 7. The lowest BCUT2D eigenvalue weighted by Crippen LogP contribution is -2.58. The minimum absolute atomic E-state index is 0.124. The van der Waals surface area contributed by atoms with Gasteiger partial charge in [0.15, 0.2) is 0 Å². The van der Waals surface area contributed by atoms with Gasteiger partial charge in [-0.05, 0) is 18.8 Å². The molecule has 1 aliphatic heterocycles. The number of nitrogens with zero attached hydrogens (tertiary/aromatic N) is 1. The summed E-state index contributed by atoms with van der Waals surface area (Å²) >= 11 is 0. The van der Waals surface area contributed by atoms with Gasteiger partial charge in [0, 0.05) is 6.54 Å². The monoisotopic (exact) mass is 415 g/mol. The number of amides is 4. The summed E-state index contributed by atoms with van der Waals surface area (Å²) in [4.78, 5) is 60.7. The second-order valence-electron chi connectivity index (χ2n) is 7.27. The van der Waals surface area contributed by atoms with Crippen molar-refractivity contribution in [3.63, 3.8) is 0 Å². The van der Waals surface area contributed by atoms with Crippen molar-refractivity contribution in [3.8, 4) is 0 Å². The first-order valence-corrected chi connectivity index (χ1v) is 9.28. The van der Waals surface area contributed by atoms with Crippen molar-refractivity contribution in [2.45, 2.75) is 57.3 Å². The smallest absolute Gasteiger partial charge is 0.326 e. The summed E-state index contributed by atoms with van der Waals surface area (Å²) in [5.41, 5.74) is 10.8. The van der Waals surface area contributed by atoms with Gasteiger partial charge < -0.3 is 37.2 Å². The van der Waals surface area contributed by atoms with Crippen molar-refractivity contribution in [2.24, 2.45) is 17.4 Å². The van der Waals surface area contributed by atoms with E-state index in [1.54, 1.807) is 13.8 Å². The fourth-order valence-corrected chi connectivity index (χ4v) is 2.92. The van der Waals surface area contributed by atoms with Crippen LogP contribution in [0.3, 0.4) is 0 Å². The Hall–Kier alpha value is -2.73. The number of rotatable bonds is 10. The van der Waals surface area contributed by atoms with Crippen LogP contribution in [-0.2, 0) is 24.0 Å². The van der Waals surface area contributed by atoms with Crippen LogP contribution in [0.15, 0.2) is 0 Å². The highest BCUT2D eigenvalue weighted by molar-refractivity contribution is 5.95. The van der Waals surface area contributed by atoms with Crippen LogP contribution in [0, 0.1) is 5.92 Å². The van der Waals surface area contributed by atoms with Crippen LogP contribution in [0.25, 0.3) is 0 Å². The number of aliphatic hydroxyl groups excluding tert-OH is 1. The van der Waals surface area contributed by atoms with Crippen LogP contribution in [0.5, 0.6) is 0 Å². The average molecular weight is 415 g/mol. The number of carbonyl (C=O) groups is 5. The first kappa shape index (κ1) is 24.3. The number of likely N-dealkylation sites (tertiary alicyclic amines) is 1. The van der Waals surface area contributed by atoms with Crippen LogP contribution in [0.1, 0.15) is 33.1 Å². The van der Waals surface area contributed by atoms with Gasteiger partial charge in [-0.15, -0.1) is 0 Å². The van der Waals surface area contributed by atoms with Crippen molar-refractivity contribution >= 4 is 29.6 Å². The van der Waals surface area contributed by atoms with Crippen molar-refractivity contribution in [1.82, 2.24) is 15.5 Å². The largest absolute Gasteiger partial charge is 0.480 e. The van der Waals surface area contributed by atoms with Crippen LogP contribution < -0.4 is 22.1 Å². The molecule has 0 saturated carbocycles. The molecule has 8 N–H and O–H groups in total. The lowest BCUT2D eigenvalue weighted by molar-refractivity contribution is -0.144. The maximum atomic E-state index is 12.6. The van der Waals surface area contributed by atoms with E-state index in [4.69, 9.17) is 16.6 Å². The van der Waals surface area contributed by atoms with E-state index in [0.29, 0.717) is 19.4 Å². The fraction of sp³-hybridized carbons (Fsp3) is 0.706. The maximum absolute atomic E-state index is 12.6. The Bertz CT molecular complexity index is 654. The zero-order valence-corrected chi connectivity index (χ0v) is 16.5. The number of carboxylic acid groups (broad SMARTS) is 1. The quantitative estimate of drug-likeness (QED) is 0.215. The van der Waals surface area contributed by atoms with E-state index >= 15 is 0 Å². The Morgan fingerprint density at radius 3 is 2.24 bits per heavy atom. The molecule has 164 valence electrons. The summed E-state index contributed by atoms with van der Waals surface area (Å²) in [5.74, 6) is -4.60. The molecule has 1 saturated heterocycles. The molecule has 4 atom stereocenters. The SMILES string of the molecule is CC(C)C(N)C(=O)N1CCCC1C(=O)NC(CO)C(=O)NC(CC(N)=O)C(=O)O. The Balaban J connectivity index is 2.80. The number of nitrogens with two attached hydrogens (primary N) is 2. The second-order valence-corrected chi connectivity index (χ2v) is 7.27. The van der Waals surface area contributed by atoms with E-state index in [1.165, 1.54) is 4.90 Å². The molecule has 1 rings (SSSR count). The van der Waals surface area contributed by atoms with Gasteiger partial charge in [-0.3, -0.25) is 19.2 Å². The Morgan fingerprint density at radius 1 is 1.14 bits per heavy atom. The number of aliphatic carboxylic acids is 1. The molecule has 0 aromatic heterocycles. The summed E-state index contributed by atoms with van der Waals surface area (Å²) in [6.07, 6.45) is 0.289. The predicted octanol–water partition coefficient (Wildman–Crippen LogP) is -3.12. The van der Waals surface area contributed by atoms with Gasteiger partial charge >= 0.3 is 5.97 Å². The molecule has 0 aromatic rings. The molecule has 0 spiro atoms.